The quantitative estimate of drug-likeness (QED) is 0.543. The highest BCUT2D eigenvalue weighted by molar-refractivity contribution is 5.70. The highest BCUT2D eigenvalue weighted by Gasteiger charge is 2.53. The van der Waals surface area contributed by atoms with E-state index >= 15 is 0 Å². The zero-order valence-corrected chi connectivity index (χ0v) is 10.2. The topological polar surface area (TPSA) is 130 Å². The molecule has 2 aromatic heterocycles. The largest absolute Gasteiger partial charge is 0.396 e. The maximum Gasteiger partial charge on any atom is 0.280 e. The molecule has 5 N–H and O–H groups in total. The molecule has 3 rings (SSSR count). The molecule has 0 spiro atoms. The Bertz CT molecular complexity index is 679. The lowest BCUT2D eigenvalue weighted by Crippen LogP contribution is -2.20. The highest BCUT2D eigenvalue weighted by Crippen LogP contribution is 2.53. The fourth-order valence-corrected chi connectivity index (χ4v) is 2.55. The average molecular weight is 265 g/mol. The van der Waals surface area contributed by atoms with Crippen LogP contribution in [0.2, 0.25) is 0 Å². The van der Waals surface area contributed by atoms with Crippen molar-refractivity contribution in [2.24, 2.45) is 11.3 Å². The van der Waals surface area contributed by atoms with Crippen molar-refractivity contribution in [3.05, 3.63) is 16.7 Å². The van der Waals surface area contributed by atoms with Crippen molar-refractivity contribution in [1.82, 2.24) is 19.5 Å². The van der Waals surface area contributed by atoms with Gasteiger partial charge in [-0.15, -0.1) is 0 Å². The zero-order chi connectivity index (χ0) is 13.6. The Balaban J connectivity index is 2.01. The second-order valence-electron chi connectivity index (χ2n) is 5.10. The van der Waals surface area contributed by atoms with Gasteiger partial charge < -0.3 is 20.5 Å². The molecule has 0 saturated heterocycles. The van der Waals surface area contributed by atoms with Crippen LogP contribution >= 0.6 is 0 Å². The maximum absolute atomic E-state index is 11.6. The number of fused-ring (bicyclic) bond motifs is 1. The third-order valence-electron chi connectivity index (χ3n) is 3.87. The van der Waals surface area contributed by atoms with Crippen molar-refractivity contribution in [3.8, 4) is 0 Å². The van der Waals surface area contributed by atoms with E-state index in [2.05, 4.69) is 15.0 Å². The number of aliphatic hydroxyl groups is 2. The van der Waals surface area contributed by atoms with E-state index in [4.69, 9.17) is 5.73 Å². The second-order valence-corrected chi connectivity index (χ2v) is 5.10. The number of aromatic nitrogens is 4. The summed E-state index contributed by atoms with van der Waals surface area (Å²) in [5, 5.41) is 18.7. The molecule has 1 aliphatic rings. The van der Waals surface area contributed by atoms with Crippen LogP contribution in [0.25, 0.3) is 11.2 Å². The summed E-state index contributed by atoms with van der Waals surface area (Å²) >= 11 is 0. The number of nitrogens with one attached hydrogen (secondary N) is 1. The minimum atomic E-state index is -0.381. The molecule has 8 nitrogen and oxygen atoms in total. The smallest absolute Gasteiger partial charge is 0.280 e. The van der Waals surface area contributed by atoms with Gasteiger partial charge in [-0.1, -0.05) is 0 Å². The van der Waals surface area contributed by atoms with Gasteiger partial charge in [0.25, 0.3) is 5.56 Å². The molecule has 0 unspecified atom stereocenters. The Morgan fingerprint density at radius 3 is 3.00 bits per heavy atom. The van der Waals surface area contributed by atoms with Gasteiger partial charge in [0, 0.05) is 18.6 Å². The van der Waals surface area contributed by atoms with Crippen molar-refractivity contribution in [2.45, 2.75) is 13.0 Å². The second kappa shape index (κ2) is 4.04. The molecule has 8 heteroatoms. The first kappa shape index (κ1) is 12.1. The highest BCUT2D eigenvalue weighted by atomic mass is 16.3. The van der Waals surface area contributed by atoms with Gasteiger partial charge in [-0.05, 0) is 12.3 Å². The van der Waals surface area contributed by atoms with E-state index in [1.165, 1.54) is 6.33 Å². The van der Waals surface area contributed by atoms with E-state index in [-0.39, 0.29) is 41.6 Å². The molecule has 19 heavy (non-hydrogen) atoms. The summed E-state index contributed by atoms with van der Waals surface area (Å²) in [5.74, 6) is 0.112. The summed E-state index contributed by atoms with van der Waals surface area (Å²) in [5.41, 5.74) is 5.42. The Kier molecular flexibility index (Phi) is 2.58. The van der Waals surface area contributed by atoms with Gasteiger partial charge in [0.2, 0.25) is 5.95 Å². The van der Waals surface area contributed by atoms with Crippen molar-refractivity contribution in [2.75, 3.05) is 18.9 Å². The summed E-state index contributed by atoms with van der Waals surface area (Å²) < 4.78 is 1.70. The fourth-order valence-electron chi connectivity index (χ4n) is 2.55. The minimum Gasteiger partial charge on any atom is -0.396 e. The number of hydrogen-bond acceptors (Lipinski definition) is 6. The number of aromatic amines is 1. The molecule has 2 heterocycles. The number of nitrogens with zero attached hydrogens (tertiary/aromatic N) is 3. The fraction of sp³-hybridized carbons (Fsp3) is 0.545. The van der Waals surface area contributed by atoms with Crippen LogP contribution in [0.4, 0.5) is 5.95 Å². The Labute approximate surface area is 107 Å². The Morgan fingerprint density at radius 2 is 2.37 bits per heavy atom. The lowest BCUT2D eigenvalue weighted by molar-refractivity contribution is 0.158. The lowest BCUT2D eigenvalue weighted by Gasteiger charge is -2.14. The van der Waals surface area contributed by atoms with Gasteiger partial charge in [-0.2, -0.15) is 4.98 Å². The van der Waals surface area contributed by atoms with E-state index < -0.39 is 0 Å². The van der Waals surface area contributed by atoms with Gasteiger partial charge in [0.1, 0.15) is 0 Å². The number of imidazole rings is 1. The molecule has 1 aliphatic carbocycles. The molecular formula is C11H15N5O3. The van der Waals surface area contributed by atoms with Crippen molar-refractivity contribution in [3.63, 3.8) is 0 Å². The van der Waals surface area contributed by atoms with Crippen LogP contribution in [-0.4, -0.2) is 42.9 Å². The first-order valence-corrected chi connectivity index (χ1v) is 6.02. The predicted molar refractivity (Wildman–Crippen MR) is 67.3 cm³/mol. The van der Waals surface area contributed by atoms with Gasteiger partial charge in [-0.3, -0.25) is 9.78 Å². The van der Waals surface area contributed by atoms with Crippen LogP contribution in [0, 0.1) is 11.3 Å². The van der Waals surface area contributed by atoms with E-state index in [9.17, 15) is 15.0 Å². The van der Waals surface area contributed by atoms with Crippen LogP contribution in [0.5, 0.6) is 0 Å². The van der Waals surface area contributed by atoms with Crippen LogP contribution in [0.15, 0.2) is 11.1 Å². The van der Waals surface area contributed by atoms with E-state index in [0.717, 1.165) is 6.42 Å². The molecule has 0 aliphatic heterocycles. The molecular weight excluding hydrogens is 250 g/mol. The number of aliphatic hydroxyl groups excluding tert-OH is 2. The van der Waals surface area contributed by atoms with E-state index in [1.54, 1.807) is 4.57 Å². The standard InChI is InChI=1S/C11H15N5O3/c12-10-14-8-7(9(19)15-10)13-5-16(8)3-11(4-18)1-6(11)2-17/h5-6,17-18H,1-4H2,(H3,12,14,15,19)/t6-,11-/m0/s1. The SMILES string of the molecule is Nc1nc2c(ncn2C[C@]2(CO)C[C@H]2CO)c(=O)[nH]1. The third kappa shape index (κ3) is 1.80. The number of rotatable bonds is 4. The summed E-state index contributed by atoms with van der Waals surface area (Å²) in [4.78, 5) is 22.1. The van der Waals surface area contributed by atoms with Crippen LogP contribution < -0.4 is 11.3 Å². The van der Waals surface area contributed by atoms with Crippen LogP contribution in [-0.2, 0) is 6.54 Å². The Hall–Kier alpha value is -1.93. The van der Waals surface area contributed by atoms with Gasteiger partial charge in [-0.25, -0.2) is 4.98 Å². The van der Waals surface area contributed by atoms with Crippen molar-refractivity contribution in [1.29, 1.82) is 0 Å². The van der Waals surface area contributed by atoms with Gasteiger partial charge in [0.15, 0.2) is 11.2 Å². The van der Waals surface area contributed by atoms with Crippen LogP contribution in [0.3, 0.4) is 0 Å². The normalized spacial score (nSPS) is 25.9. The molecule has 102 valence electrons. The van der Waals surface area contributed by atoms with Gasteiger partial charge in [0.05, 0.1) is 12.9 Å². The average Bonchev–Trinajstić information content (AvgIpc) is 2.95. The Morgan fingerprint density at radius 1 is 1.58 bits per heavy atom. The van der Waals surface area contributed by atoms with E-state index in [1.807, 2.05) is 0 Å². The minimum absolute atomic E-state index is 0.0173. The maximum atomic E-state index is 11.6. The summed E-state index contributed by atoms with van der Waals surface area (Å²) in [6, 6.07) is 0. The first-order chi connectivity index (χ1) is 9.09. The first-order valence-electron chi connectivity index (χ1n) is 6.02. The number of anilines is 1. The zero-order valence-electron chi connectivity index (χ0n) is 10.2. The molecule has 0 aromatic carbocycles. The molecule has 0 radical (unpaired) electrons. The number of nitrogens with two attached hydrogens (primary N) is 1. The van der Waals surface area contributed by atoms with Crippen molar-refractivity contribution >= 4 is 17.1 Å². The molecule has 0 bridgehead atoms. The number of nitrogen functional groups attached to an aromatic ring is 1. The molecule has 1 saturated carbocycles. The van der Waals surface area contributed by atoms with Crippen molar-refractivity contribution < 1.29 is 10.2 Å². The summed E-state index contributed by atoms with van der Waals surface area (Å²) in [6.07, 6.45) is 2.26. The molecule has 2 aromatic rings. The third-order valence-corrected chi connectivity index (χ3v) is 3.87. The predicted octanol–water partition coefficient (Wildman–Crippen LogP) is -1.31. The number of hydrogen-bond donors (Lipinski definition) is 4. The van der Waals surface area contributed by atoms with Crippen LogP contribution in [0.1, 0.15) is 6.42 Å². The summed E-state index contributed by atoms with van der Waals surface area (Å²) in [6.45, 7) is 0.487. The monoisotopic (exact) mass is 265 g/mol. The van der Waals surface area contributed by atoms with E-state index in [0.29, 0.717) is 12.2 Å². The molecule has 2 atom stereocenters. The summed E-state index contributed by atoms with van der Waals surface area (Å²) in [7, 11) is 0. The van der Waals surface area contributed by atoms with Gasteiger partial charge >= 0.3 is 0 Å². The molecule has 1 fully saturated rings. The lowest BCUT2D eigenvalue weighted by atomic mass is 10.1. The molecule has 0 amide bonds. The number of H-pyrrole nitrogens is 1.